The van der Waals surface area contributed by atoms with Crippen LogP contribution in [0.1, 0.15) is 34.8 Å². The second kappa shape index (κ2) is 9.89. The Labute approximate surface area is 174 Å². The zero-order chi connectivity index (χ0) is 20.8. The molecule has 0 unspecified atom stereocenters. The van der Waals surface area contributed by atoms with E-state index in [-0.39, 0.29) is 24.2 Å². The van der Waals surface area contributed by atoms with E-state index in [2.05, 4.69) is 4.90 Å². The predicted molar refractivity (Wildman–Crippen MR) is 112 cm³/mol. The van der Waals surface area contributed by atoms with E-state index in [9.17, 15) is 14.0 Å². The molecule has 7 heteroatoms. The van der Waals surface area contributed by atoms with Gasteiger partial charge in [-0.25, -0.2) is 4.39 Å². The summed E-state index contributed by atoms with van der Waals surface area (Å²) >= 11 is 1.56. The van der Waals surface area contributed by atoms with Crippen molar-refractivity contribution in [3.8, 4) is 0 Å². The number of amides is 1. The number of hydrogen-bond acceptors (Lipinski definition) is 4. The maximum Gasteiger partial charge on any atom is 0.303 e. The van der Waals surface area contributed by atoms with Crippen molar-refractivity contribution in [1.29, 1.82) is 0 Å². The van der Waals surface area contributed by atoms with Crippen LogP contribution < -0.4 is 0 Å². The molecule has 1 aliphatic heterocycles. The summed E-state index contributed by atoms with van der Waals surface area (Å²) in [7, 11) is 0. The topological polar surface area (TPSA) is 60.9 Å². The number of thioether (sulfide) groups is 1. The van der Waals surface area contributed by atoms with Crippen LogP contribution in [-0.4, -0.2) is 59.2 Å². The Morgan fingerprint density at radius 1 is 1.07 bits per heavy atom. The minimum absolute atomic E-state index is 0.0264. The Bertz CT molecular complexity index is 851. The van der Waals surface area contributed by atoms with Crippen molar-refractivity contribution in [2.75, 3.05) is 32.4 Å². The molecule has 5 nitrogen and oxygen atoms in total. The first-order valence-corrected chi connectivity index (χ1v) is 10.9. The van der Waals surface area contributed by atoms with E-state index >= 15 is 0 Å². The fourth-order valence-electron chi connectivity index (χ4n) is 3.73. The number of piperazine rings is 1. The van der Waals surface area contributed by atoms with Crippen molar-refractivity contribution in [3.05, 3.63) is 65.5 Å². The zero-order valence-electron chi connectivity index (χ0n) is 16.4. The maximum atomic E-state index is 13.3. The van der Waals surface area contributed by atoms with Gasteiger partial charge >= 0.3 is 5.97 Å². The Morgan fingerprint density at radius 3 is 2.34 bits per heavy atom. The fraction of sp³-hybridized carbons (Fsp3) is 0.364. The lowest BCUT2D eigenvalue weighted by atomic mass is 9.99. The normalized spacial score (nSPS) is 15.9. The van der Waals surface area contributed by atoms with Crippen LogP contribution in [0.3, 0.4) is 0 Å². The molecule has 0 spiro atoms. The van der Waals surface area contributed by atoms with Crippen LogP contribution in [0.15, 0.2) is 53.4 Å². The summed E-state index contributed by atoms with van der Waals surface area (Å²) in [6.45, 7) is 2.45. The number of carbonyl (C=O) groups excluding carboxylic acids is 1. The number of aliphatic carboxylic acids is 1. The summed E-state index contributed by atoms with van der Waals surface area (Å²) in [6, 6.07) is 13.7. The van der Waals surface area contributed by atoms with Gasteiger partial charge in [0.15, 0.2) is 0 Å². The molecule has 1 atom stereocenters. The summed E-state index contributed by atoms with van der Waals surface area (Å²) in [4.78, 5) is 29.1. The average molecular weight is 417 g/mol. The number of carboxylic acid groups (broad SMARTS) is 1. The highest BCUT2D eigenvalue weighted by atomic mass is 32.2. The summed E-state index contributed by atoms with van der Waals surface area (Å²) < 4.78 is 13.3. The van der Waals surface area contributed by atoms with Crippen molar-refractivity contribution < 1.29 is 19.1 Å². The highest BCUT2D eigenvalue weighted by Gasteiger charge is 2.28. The Balaban J connectivity index is 1.69. The highest BCUT2D eigenvalue weighted by molar-refractivity contribution is 7.98. The van der Waals surface area contributed by atoms with Gasteiger partial charge in [0.2, 0.25) is 0 Å². The van der Waals surface area contributed by atoms with Crippen LogP contribution in [-0.2, 0) is 4.79 Å². The van der Waals surface area contributed by atoms with Crippen molar-refractivity contribution in [2.45, 2.75) is 23.8 Å². The molecule has 2 aromatic carbocycles. The number of carbonyl (C=O) groups is 2. The van der Waals surface area contributed by atoms with Gasteiger partial charge in [-0.15, -0.1) is 11.8 Å². The van der Waals surface area contributed by atoms with Gasteiger partial charge in [0.25, 0.3) is 5.91 Å². The van der Waals surface area contributed by atoms with Crippen LogP contribution >= 0.6 is 11.8 Å². The lowest BCUT2D eigenvalue weighted by Gasteiger charge is -2.39. The molecule has 29 heavy (non-hydrogen) atoms. The van der Waals surface area contributed by atoms with Gasteiger partial charge in [-0.3, -0.25) is 14.5 Å². The molecule has 1 aliphatic rings. The first-order valence-electron chi connectivity index (χ1n) is 9.63. The summed E-state index contributed by atoms with van der Waals surface area (Å²) in [5.74, 6) is -1.13. The number of carboxylic acids is 1. The molecule has 1 fully saturated rings. The van der Waals surface area contributed by atoms with E-state index in [0.29, 0.717) is 32.6 Å². The number of rotatable bonds is 7. The minimum Gasteiger partial charge on any atom is -0.481 e. The third kappa shape index (κ3) is 5.36. The van der Waals surface area contributed by atoms with Gasteiger partial charge in [0.05, 0.1) is 5.56 Å². The zero-order valence-corrected chi connectivity index (χ0v) is 17.2. The quantitative estimate of drug-likeness (QED) is 0.694. The van der Waals surface area contributed by atoms with E-state index in [1.165, 1.54) is 12.1 Å². The van der Waals surface area contributed by atoms with Gasteiger partial charge in [0, 0.05) is 43.5 Å². The van der Waals surface area contributed by atoms with Crippen LogP contribution in [0, 0.1) is 5.82 Å². The molecular formula is C22H25FN2O3S. The molecule has 1 saturated heterocycles. The van der Waals surface area contributed by atoms with E-state index in [1.807, 2.05) is 35.4 Å². The molecule has 0 bridgehead atoms. The van der Waals surface area contributed by atoms with Crippen LogP contribution in [0.25, 0.3) is 0 Å². The van der Waals surface area contributed by atoms with Gasteiger partial charge in [-0.1, -0.05) is 24.3 Å². The highest BCUT2D eigenvalue weighted by Crippen LogP contribution is 2.28. The van der Waals surface area contributed by atoms with Gasteiger partial charge in [-0.05, 0) is 42.5 Å². The Hall–Kier alpha value is -2.38. The molecule has 1 amide bonds. The summed E-state index contributed by atoms with van der Waals surface area (Å²) in [6.07, 6.45) is 2.45. The molecule has 0 saturated carbocycles. The smallest absolute Gasteiger partial charge is 0.303 e. The van der Waals surface area contributed by atoms with Crippen molar-refractivity contribution >= 4 is 23.6 Å². The molecule has 3 rings (SSSR count). The third-order valence-electron chi connectivity index (χ3n) is 5.27. The van der Waals surface area contributed by atoms with Crippen LogP contribution in [0.5, 0.6) is 0 Å². The molecule has 0 aliphatic carbocycles. The first kappa shape index (κ1) is 21.3. The lowest BCUT2D eigenvalue weighted by Crippen LogP contribution is -2.49. The number of halogens is 1. The second-order valence-corrected chi connectivity index (χ2v) is 7.88. The molecule has 1 N–H and O–H groups in total. The lowest BCUT2D eigenvalue weighted by molar-refractivity contribution is -0.137. The van der Waals surface area contributed by atoms with Crippen LogP contribution in [0.4, 0.5) is 4.39 Å². The molecule has 0 aromatic heterocycles. The Kier molecular flexibility index (Phi) is 7.28. The number of hydrogen-bond donors (Lipinski definition) is 1. The van der Waals surface area contributed by atoms with Crippen molar-refractivity contribution in [1.82, 2.24) is 9.80 Å². The SMILES string of the molecule is CSc1ccccc1C(=O)N1CCN([C@H](CCC(=O)O)c2ccc(F)cc2)CC1. The molecule has 1 heterocycles. The predicted octanol–water partition coefficient (Wildman–Crippen LogP) is 3.91. The van der Waals surface area contributed by atoms with Crippen molar-refractivity contribution in [2.24, 2.45) is 0 Å². The van der Waals surface area contributed by atoms with E-state index in [1.54, 1.807) is 23.9 Å². The Morgan fingerprint density at radius 2 is 1.72 bits per heavy atom. The van der Waals surface area contributed by atoms with E-state index in [4.69, 9.17) is 5.11 Å². The van der Waals surface area contributed by atoms with Crippen LogP contribution in [0.2, 0.25) is 0 Å². The fourth-order valence-corrected chi connectivity index (χ4v) is 4.32. The summed E-state index contributed by atoms with van der Waals surface area (Å²) in [5.41, 5.74) is 1.62. The third-order valence-corrected chi connectivity index (χ3v) is 6.06. The standard InChI is InChI=1S/C22H25FN2O3S/c1-29-20-5-3-2-4-18(20)22(28)25-14-12-24(13-15-25)19(10-11-21(26)27)16-6-8-17(23)9-7-16/h2-9,19H,10-15H2,1H3,(H,26,27)/t19-/m1/s1. The minimum atomic E-state index is -0.848. The largest absolute Gasteiger partial charge is 0.481 e. The second-order valence-electron chi connectivity index (χ2n) is 7.03. The number of benzene rings is 2. The van der Waals surface area contributed by atoms with Gasteiger partial charge in [0.1, 0.15) is 5.82 Å². The number of nitrogens with zero attached hydrogens (tertiary/aromatic N) is 2. The van der Waals surface area contributed by atoms with Gasteiger partial charge < -0.3 is 10.0 Å². The van der Waals surface area contributed by atoms with E-state index in [0.717, 1.165) is 16.0 Å². The maximum absolute atomic E-state index is 13.3. The molecule has 2 aromatic rings. The molecular weight excluding hydrogens is 391 g/mol. The van der Waals surface area contributed by atoms with Gasteiger partial charge in [-0.2, -0.15) is 0 Å². The molecule has 0 radical (unpaired) electrons. The summed E-state index contributed by atoms with van der Waals surface area (Å²) in [5, 5.41) is 9.11. The average Bonchev–Trinajstić information content (AvgIpc) is 2.75. The van der Waals surface area contributed by atoms with E-state index < -0.39 is 5.97 Å². The molecule has 154 valence electrons. The monoisotopic (exact) mass is 416 g/mol. The first-order chi connectivity index (χ1) is 14.0. The van der Waals surface area contributed by atoms with Crippen molar-refractivity contribution in [3.63, 3.8) is 0 Å².